The highest BCUT2D eigenvalue weighted by atomic mass is 32.1. The zero-order chi connectivity index (χ0) is 11.7. The van der Waals surface area contributed by atoms with Crippen LogP contribution in [0.1, 0.15) is 25.7 Å². The van der Waals surface area contributed by atoms with Crippen LogP contribution < -0.4 is 5.32 Å². The number of nitrogens with zero attached hydrogens (tertiary/aromatic N) is 2. The summed E-state index contributed by atoms with van der Waals surface area (Å²) >= 11 is 1.63. The fraction of sp³-hybridized carbons (Fsp3) is 0.500. The number of hydrogen-bond donors (Lipinski definition) is 2. The molecule has 0 unspecified atom stereocenters. The van der Waals surface area contributed by atoms with Crippen molar-refractivity contribution in [2.75, 3.05) is 5.32 Å². The number of nitrogens with one attached hydrogen (secondary N) is 1. The Labute approximate surface area is 104 Å². The molecule has 2 N–H and O–H groups in total. The number of aliphatic hydroxyl groups is 1. The van der Waals surface area contributed by atoms with Gasteiger partial charge in [0, 0.05) is 0 Å². The monoisotopic (exact) mass is 249 g/mol. The number of anilines is 1. The Bertz CT molecular complexity index is 513. The molecule has 0 amide bonds. The van der Waals surface area contributed by atoms with Crippen molar-refractivity contribution < 1.29 is 5.11 Å². The summed E-state index contributed by atoms with van der Waals surface area (Å²) in [6, 6.07) is 2.12. The summed E-state index contributed by atoms with van der Waals surface area (Å²) in [6.45, 7) is 0. The van der Waals surface area contributed by atoms with Gasteiger partial charge in [0.2, 0.25) is 0 Å². The van der Waals surface area contributed by atoms with E-state index < -0.39 is 0 Å². The van der Waals surface area contributed by atoms with Crippen molar-refractivity contribution in [1.29, 1.82) is 0 Å². The van der Waals surface area contributed by atoms with Gasteiger partial charge in [0.15, 0.2) is 0 Å². The average Bonchev–Trinajstić information content (AvgIpc) is 2.81. The summed E-state index contributed by atoms with van der Waals surface area (Å²) < 4.78 is 1.07. The van der Waals surface area contributed by atoms with E-state index in [0.717, 1.165) is 35.3 Å². The minimum Gasteiger partial charge on any atom is -0.391 e. The predicted molar refractivity (Wildman–Crippen MR) is 69.3 cm³/mol. The first-order valence-corrected chi connectivity index (χ1v) is 6.85. The molecule has 2 heterocycles. The Balaban J connectivity index is 1.86. The van der Waals surface area contributed by atoms with E-state index in [2.05, 4.69) is 15.3 Å². The molecule has 4 nitrogen and oxygen atoms in total. The quantitative estimate of drug-likeness (QED) is 0.858. The minimum atomic E-state index is -0.256. The molecule has 1 aliphatic rings. The lowest BCUT2D eigenvalue weighted by Crippen LogP contribution is -2.36. The Morgan fingerprint density at radius 1 is 1.29 bits per heavy atom. The molecule has 1 aliphatic carbocycles. The fourth-order valence-corrected chi connectivity index (χ4v) is 3.14. The van der Waals surface area contributed by atoms with Crippen molar-refractivity contribution in [3.8, 4) is 0 Å². The van der Waals surface area contributed by atoms with Gasteiger partial charge in [-0.2, -0.15) is 0 Å². The van der Waals surface area contributed by atoms with Crippen LogP contribution in [0.3, 0.4) is 0 Å². The SMILES string of the molecule is O[C@@H]1CCCC[C@H]1Nc1ncnc2ccsc12. The second-order valence-corrected chi connectivity index (χ2v) is 5.38. The molecule has 5 heteroatoms. The Hall–Kier alpha value is -1.20. The molecule has 1 fully saturated rings. The number of aliphatic hydroxyl groups excluding tert-OH is 1. The molecule has 0 saturated heterocycles. The predicted octanol–water partition coefficient (Wildman–Crippen LogP) is 2.41. The van der Waals surface area contributed by atoms with Crippen LogP contribution in [0.25, 0.3) is 10.2 Å². The maximum Gasteiger partial charge on any atom is 0.147 e. The first-order chi connectivity index (χ1) is 8.34. The summed E-state index contributed by atoms with van der Waals surface area (Å²) in [5.41, 5.74) is 0.970. The third kappa shape index (κ3) is 2.12. The Kier molecular flexibility index (Phi) is 2.94. The molecule has 2 atom stereocenters. The summed E-state index contributed by atoms with van der Waals surface area (Å²) in [5.74, 6) is 0.857. The molecule has 90 valence electrons. The van der Waals surface area contributed by atoms with Crippen molar-refractivity contribution in [2.45, 2.75) is 37.8 Å². The highest BCUT2D eigenvalue weighted by Crippen LogP contribution is 2.28. The zero-order valence-electron chi connectivity index (χ0n) is 9.47. The zero-order valence-corrected chi connectivity index (χ0v) is 10.3. The van der Waals surface area contributed by atoms with E-state index in [1.807, 2.05) is 11.4 Å². The molecule has 1 saturated carbocycles. The van der Waals surface area contributed by atoms with E-state index in [0.29, 0.717) is 0 Å². The van der Waals surface area contributed by atoms with E-state index in [9.17, 15) is 5.11 Å². The molecule has 0 spiro atoms. The number of thiophene rings is 1. The molecule has 0 aromatic carbocycles. The highest BCUT2D eigenvalue weighted by molar-refractivity contribution is 7.17. The topological polar surface area (TPSA) is 58.0 Å². The van der Waals surface area contributed by atoms with E-state index in [-0.39, 0.29) is 12.1 Å². The van der Waals surface area contributed by atoms with Gasteiger partial charge in [-0.25, -0.2) is 9.97 Å². The van der Waals surface area contributed by atoms with Crippen LogP contribution in [0.4, 0.5) is 5.82 Å². The lowest BCUT2D eigenvalue weighted by molar-refractivity contribution is 0.116. The standard InChI is InChI=1S/C12H15N3OS/c16-10-4-2-1-3-8(10)15-12-11-9(5-6-17-11)13-7-14-12/h5-8,10,16H,1-4H2,(H,13,14,15)/t8-,10-/m1/s1. The molecular weight excluding hydrogens is 234 g/mol. The molecule has 0 bridgehead atoms. The Morgan fingerprint density at radius 3 is 3.06 bits per heavy atom. The molecule has 17 heavy (non-hydrogen) atoms. The van der Waals surface area contributed by atoms with E-state index >= 15 is 0 Å². The molecule has 3 rings (SSSR count). The number of aromatic nitrogens is 2. The van der Waals surface area contributed by atoms with E-state index in [1.54, 1.807) is 17.7 Å². The third-order valence-corrected chi connectivity index (χ3v) is 4.21. The van der Waals surface area contributed by atoms with E-state index in [1.165, 1.54) is 6.42 Å². The number of hydrogen-bond acceptors (Lipinski definition) is 5. The van der Waals surface area contributed by atoms with Gasteiger partial charge in [0.05, 0.1) is 22.4 Å². The van der Waals surface area contributed by atoms with Gasteiger partial charge < -0.3 is 10.4 Å². The second kappa shape index (κ2) is 4.58. The molecule has 2 aromatic rings. The van der Waals surface area contributed by atoms with Crippen molar-refractivity contribution in [2.24, 2.45) is 0 Å². The van der Waals surface area contributed by atoms with Crippen molar-refractivity contribution in [3.05, 3.63) is 17.8 Å². The van der Waals surface area contributed by atoms with Gasteiger partial charge in [-0.05, 0) is 24.3 Å². The van der Waals surface area contributed by atoms with Gasteiger partial charge in [-0.3, -0.25) is 0 Å². The van der Waals surface area contributed by atoms with Crippen LogP contribution in [-0.4, -0.2) is 27.2 Å². The molecule has 2 aromatic heterocycles. The second-order valence-electron chi connectivity index (χ2n) is 4.46. The lowest BCUT2D eigenvalue weighted by Gasteiger charge is -2.28. The van der Waals surface area contributed by atoms with Crippen molar-refractivity contribution in [1.82, 2.24) is 9.97 Å². The summed E-state index contributed by atoms with van der Waals surface area (Å²) in [4.78, 5) is 8.50. The normalized spacial score (nSPS) is 25.0. The molecule has 0 radical (unpaired) electrons. The first-order valence-electron chi connectivity index (χ1n) is 5.97. The number of rotatable bonds is 2. The summed E-state index contributed by atoms with van der Waals surface area (Å²) in [7, 11) is 0. The van der Waals surface area contributed by atoms with Crippen LogP contribution in [0.5, 0.6) is 0 Å². The lowest BCUT2D eigenvalue weighted by atomic mass is 9.92. The van der Waals surface area contributed by atoms with Gasteiger partial charge >= 0.3 is 0 Å². The largest absolute Gasteiger partial charge is 0.391 e. The van der Waals surface area contributed by atoms with Crippen LogP contribution >= 0.6 is 11.3 Å². The minimum absolute atomic E-state index is 0.129. The maximum atomic E-state index is 9.95. The first kappa shape index (κ1) is 10.9. The smallest absolute Gasteiger partial charge is 0.147 e. The number of fused-ring (bicyclic) bond motifs is 1. The van der Waals surface area contributed by atoms with Gasteiger partial charge in [-0.15, -0.1) is 11.3 Å². The van der Waals surface area contributed by atoms with Gasteiger partial charge in [-0.1, -0.05) is 12.8 Å². The highest BCUT2D eigenvalue weighted by Gasteiger charge is 2.23. The van der Waals surface area contributed by atoms with Crippen molar-refractivity contribution in [3.63, 3.8) is 0 Å². The fourth-order valence-electron chi connectivity index (χ4n) is 2.35. The van der Waals surface area contributed by atoms with Gasteiger partial charge in [0.25, 0.3) is 0 Å². The average molecular weight is 249 g/mol. The van der Waals surface area contributed by atoms with Crippen LogP contribution in [0.15, 0.2) is 17.8 Å². The van der Waals surface area contributed by atoms with Crippen molar-refractivity contribution >= 4 is 27.4 Å². The van der Waals surface area contributed by atoms with Crippen LogP contribution in [-0.2, 0) is 0 Å². The Morgan fingerprint density at radius 2 is 2.18 bits per heavy atom. The van der Waals surface area contributed by atoms with Gasteiger partial charge in [0.1, 0.15) is 12.1 Å². The summed E-state index contributed by atoms with van der Waals surface area (Å²) in [6.07, 6.45) is 5.51. The van der Waals surface area contributed by atoms with E-state index in [4.69, 9.17) is 0 Å². The molecule has 0 aliphatic heterocycles. The van der Waals surface area contributed by atoms with Crippen LogP contribution in [0.2, 0.25) is 0 Å². The third-order valence-electron chi connectivity index (χ3n) is 3.29. The maximum absolute atomic E-state index is 9.95. The van der Waals surface area contributed by atoms with Crippen LogP contribution in [0, 0.1) is 0 Å². The molecular formula is C12H15N3OS. The summed E-state index contributed by atoms with van der Waals surface area (Å²) in [5, 5.41) is 15.3.